The van der Waals surface area contributed by atoms with Gasteiger partial charge in [0.2, 0.25) is 0 Å². The Morgan fingerprint density at radius 1 is 0.686 bits per heavy atom. The third kappa shape index (κ3) is 4.30. The van der Waals surface area contributed by atoms with Gasteiger partial charge in [-0.25, -0.2) is 0 Å². The van der Waals surface area contributed by atoms with Gasteiger partial charge in [-0.15, -0.1) is 0 Å². The highest BCUT2D eigenvalue weighted by molar-refractivity contribution is 6.22. The summed E-state index contributed by atoms with van der Waals surface area (Å²) in [5.41, 5.74) is 1.62. The van der Waals surface area contributed by atoms with Crippen molar-refractivity contribution in [1.29, 1.82) is 0 Å². The van der Waals surface area contributed by atoms with E-state index in [1.54, 1.807) is 6.92 Å². The monoisotopic (exact) mass is 476 g/mol. The van der Waals surface area contributed by atoms with Crippen molar-refractivity contribution in [2.45, 2.75) is 19.8 Å². The second-order valence-corrected chi connectivity index (χ2v) is 8.26. The fourth-order valence-electron chi connectivity index (χ4n) is 4.08. The molecule has 2 heterocycles. The summed E-state index contributed by atoms with van der Waals surface area (Å²) in [4.78, 5) is 75.5. The van der Waals surface area contributed by atoms with E-state index in [0.29, 0.717) is 42.6 Å². The molecule has 2 aliphatic rings. The molecule has 2 aromatic rings. The molecule has 2 aromatic carbocycles. The lowest BCUT2D eigenvalue weighted by atomic mass is 10.1. The molecule has 2 aliphatic heterocycles. The first-order valence-electron chi connectivity index (χ1n) is 11.3. The zero-order chi connectivity index (χ0) is 25.3. The first-order chi connectivity index (χ1) is 16.7. The Labute approximate surface area is 201 Å². The molecule has 0 aromatic heterocycles. The third-order valence-corrected chi connectivity index (χ3v) is 6.08. The largest absolute Gasteiger partial charge is 0.352 e. The maximum absolute atomic E-state index is 12.4. The third-order valence-electron chi connectivity index (χ3n) is 6.08. The van der Waals surface area contributed by atoms with Gasteiger partial charge in [-0.05, 0) is 56.2 Å². The van der Waals surface area contributed by atoms with Crippen LogP contribution in [0.3, 0.4) is 0 Å². The molecule has 0 bridgehead atoms. The smallest absolute Gasteiger partial charge is 0.261 e. The minimum Gasteiger partial charge on any atom is -0.352 e. The van der Waals surface area contributed by atoms with Gasteiger partial charge in [0.15, 0.2) is 0 Å². The number of nitrogens with one attached hydrogen (secondary N) is 2. The van der Waals surface area contributed by atoms with Crippen LogP contribution in [0.15, 0.2) is 36.4 Å². The zero-order valence-electron chi connectivity index (χ0n) is 19.3. The van der Waals surface area contributed by atoms with E-state index in [1.165, 1.54) is 43.4 Å². The quantitative estimate of drug-likeness (QED) is 0.438. The molecule has 180 valence electrons. The highest BCUT2D eigenvalue weighted by atomic mass is 16.2. The van der Waals surface area contributed by atoms with Gasteiger partial charge < -0.3 is 10.6 Å². The molecule has 2 N–H and O–H groups in total. The van der Waals surface area contributed by atoms with Crippen molar-refractivity contribution in [2.24, 2.45) is 0 Å². The minimum atomic E-state index is -0.433. The van der Waals surface area contributed by atoms with Crippen LogP contribution in [-0.4, -0.2) is 71.9 Å². The van der Waals surface area contributed by atoms with E-state index >= 15 is 0 Å². The number of rotatable bonds is 8. The van der Waals surface area contributed by atoms with Gasteiger partial charge in [0.1, 0.15) is 0 Å². The van der Waals surface area contributed by atoms with Crippen molar-refractivity contribution in [2.75, 3.05) is 26.7 Å². The second-order valence-electron chi connectivity index (χ2n) is 8.26. The van der Waals surface area contributed by atoms with Gasteiger partial charge in [0.25, 0.3) is 35.4 Å². The summed E-state index contributed by atoms with van der Waals surface area (Å²) in [5, 5.41) is 5.53. The average molecular weight is 476 g/mol. The fraction of sp³-hybridized carbons (Fsp3) is 0.280. The number of hydrogen-bond donors (Lipinski definition) is 2. The van der Waals surface area contributed by atoms with Crippen LogP contribution in [-0.2, 0) is 0 Å². The van der Waals surface area contributed by atoms with E-state index in [9.17, 15) is 28.8 Å². The zero-order valence-corrected chi connectivity index (χ0v) is 19.3. The van der Waals surface area contributed by atoms with E-state index in [0.717, 1.165) is 9.80 Å². The normalized spacial score (nSPS) is 14.3. The molecule has 10 heteroatoms. The first kappa shape index (κ1) is 23.8. The van der Waals surface area contributed by atoms with Gasteiger partial charge in [-0.2, -0.15) is 0 Å². The molecule has 35 heavy (non-hydrogen) atoms. The number of amides is 6. The van der Waals surface area contributed by atoms with Gasteiger partial charge in [-0.3, -0.25) is 38.6 Å². The summed E-state index contributed by atoms with van der Waals surface area (Å²) in [5.74, 6) is -2.28. The highest BCUT2D eigenvalue weighted by Gasteiger charge is 2.35. The van der Waals surface area contributed by atoms with Crippen molar-refractivity contribution in [3.63, 3.8) is 0 Å². The number of fused-ring (bicyclic) bond motifs is 2. The van der Waals surface area contributed by atoms with Crippen LogP contribution in [0.1, 0.15) is 81.9 Å². The molecular formula is C25H24N4O6. The van der Waals surface area contributed by atoms with Crippen LogP contribution in [0, 0.1) is 0 Å². The summed E-state index contributed by atoms with van der Waals surface area (Å²) in [6.45, 7) is 2.71. The Morgan fingerprint density at radius 3 is 1.63 bits per heavy atom. The molecule has 0 radical (unpaired) electrons. The minimum absolute atomic E-state index is 0.216. The van der Waals surface area contributed by atoms with Crippen LogP contribution in [0.2, 0.25) is 0 Å². The van der Waals surface area contributed by atoms with E-state index in [-0.39, 0.29) is 46.9 Å². The molecule has 6 amide bonds. The number of hydrogen-bond acceptors (Lipinski definition) is 6. The van der Waals surface area contributed by atoms with E-state index in [2.05, 4.69) is 10.6 Å². The molecular weight excluding hydrogens is 452 g/mol. The predicted molar refractivity (Wildman–Crippen MR) is 124 cm³/mol. The molecule has 0 aliphatic carbocycles. The first-order valence-corrected chi connectivity index (χ1v) is 11.3. The van der Waals surface area contributed by atoms with Crippen LogP contribution >= 0.6 is 0 Å². The summed E-state index contributed by atoms with van der Waals surface area (Å²) in [7, 11) is 1.40. The lowest BCUT2D eigenvalue weighted by Crippen LogP contribution is -2.29. The van der Waals surface area contributed by atoms with Gasteiger partial charge in [-0.1, -0.05) is 0 Å². The van der Waals surface area contributed by atoms with Gasteiger partial charge >= 0.3 is 0 Å². The molecule has 10 nitrogen and oxygen atoms in total. The summed E-state index contributed by atoms with van der Waals surface area (Å²) < 4.78 is 0. The number of unbranched alkanes of at least 4 members (excludes halogenated alkanes) is 1. The average Bonchev–Trinajstić information content (AvgIpc) is 3.24. The summed E-state index contributed by atoms with van der Waals surface area (Å²) >= 11 is 0. The molecule has 0 saturated heterocycles. The van der Waals surface area contributed by atoms with Crippen molar-refractivity contribution in [3.8, 4) is 0 Å². The Hall–Kier alpha value is -4.34. The number of carbonyl (C=O) groups is 6. The lowest BCUT2D eigenvalue weighted by molar-refractivity contribution is 0.0656. The van der Waals surface area contributed by atoms with Crippen molar-refractivity contribution in [1.82, 2.24) is 20.4 Å². The number of carbonyl (C=O) groups excluding carboxylic acids is 6. The summed E-state index contributed by atoms with van der Waals surface area (Å²) in [6, 6.07) is 8.86. The Bertz CT molecular complexity index is 1280. The van der Waals surface area contributed by atoms with E-state index < -0.39 is 11.8 Å². The van der Waals surface area contributed by atoms with Crippen molar-refractivity contribution < 1.29 is 28.8 Å². The Balaban J connectivity index is 1.22. The topological polar surface area (TPSA) is 133 Å². The van der Waals surface area contributed by atoms with E-state index in [4.69, 9.17) is 0 Å². The van der Waals surface area contributed by atoms with Crippen LogP contribution in [0.4, 0.5) is 0 Å². The number of nitrogens with zero attached hydrogens (tertiary/aromatic N) is 2. The molecule has 4 rings (SSSR count). The Kier molecular flexibility index (Phi) is 6.46. The maximum atomic E-state index is 12.4. The molecule has 0 unspecified atom stereocenters. The SMILES string of the molecule is CCN1C(=O)c2ccc(C(=O)NCCCCNC(=O)c3ccc4c(c3)C(=O)N(C)C4=O)cc2C1=O. The maximum Gasteiger partial charge on any atom is 0.261 e. The number of benzene rings is 2. The molecule has 0 spiro atoms. The van der Waals surface area contributed by atoms with Crippen molar-refractivity contribution >= 4 is 35.4 Å². The van der Waals surface area contributed by atoms with E-state index in [1.807, 2.05) is 0 Å². The predicted octanol–water partition coefficient (Wildman–Crippen LogP) is 1.47. The number of imide groups is 2. The lowest BCUT2D eigenvalue weighted by Gasteiger charge is -2.08. The summed E-state index contributed by atoms with van der Waals surface area (Å²) in [6.07, 6.45) is 1.19. The molecule has 0 saturated carbocycles. The second kappa shape index (κ2) is 9.49. The fourth-order valence-corrected chi connectivity index (χ4v) is 4.08. The van der Waals surface area contributed by atoms with Crippen LogP contribution in [0.25, 0.3) is 0 Å². The van der Waals surface area contributed by atoms with Crippen molar-refractivity contribution in [3.05, 3.63) is 69.8 Å². The Morgan fingerprint density at radius 2 is 1.11 bits per heavy atom. The molecule has 0 atom stereocenters. The van der Waals surface area contributed by atoms with Crippen LogP contribution in [0.5, 0.6) is 0 Å². The highest BCUT2D eigenvalue weighted by Crippen LogP contribution is 2.24. The van der Waals surface area contributed by atoms with Gasteiger partial charge in [0, 0.05) is 37.8 Å². The van der Waals surface area contributed by atoms with Gasteiger partial charge in [0.05, 0.1) is 22.3 Å². The molecule has 0 fully saturated rings. The standard InChI is InChI=1S/C25H24N4O6/c1-3-29-24(34)17-9-7-15(13-19(17)25(29)35)21(31)27-11-5-4-10-26-20(30)14-6-8-16-18(12-14)23(33)28(2)22(16)32/h6-9,12-13H,3-5,10-11H2,1-2H3,(H,26,30)(H,27,31). The van der Waals surface area contributed by atoms with Crippen LogP contribution < -0.4 is 10.6 Å².